The van der Waals surface area contributed by atoms with Crippen molar-refractivity contribution in [3.63, 3.8) is 0 Å². The molecule has 0 unspecified atom stereocenters. The van der Waals surface area contributed by atoms with Crippen LogP contribution in [0.25, 0.3) is 0 Å². The Balaban J connectivity index is 2.09. The van der Waals surface area contributed by atoms with Crippen LogP contribution in [-0.2, 0) is 6.54 Å². The minimum absolute atomic E-state index is 0.0990. The van der Waals surface area contributed by atoms with E-state index in [2.05, 4.69) is 21.2 Å². The average Bonchev–Trinajstić information content (AvgIpc) is 2.32. The highest BCUT2D eigenvalue weighted by Gasteiger charge is 2.03. The molecule has 0 atom stereocenters. The molecule has 0 aliphatic heterocycles. The van der Waals surface area contributed by atoms with Crippen molar-refractivity contribution < 1.29 is 4.39 Å². The maximum absolute atomic E-state index is 13.0. The zero-order valence-electron chi connectivity index (χ0n) is 9.18. The summed E-state index contributed by atoms with van der Waals surface area (Å²) in [5, 5.41) is 3.91. The number of hydrogen-bond donors (Lipinski definition) is 1. The molecule has 0 saturated heterocycles. The SMILES string of the molecule is Fc1ccc(NCc2ccc(Br)cc2Cl)cc1Cl. The molecule has 2 rings (SSSR count). The van der Waals surface area contributed by atoms with Gasteiger partial charge in [-0.2, -0.15) is 0 Å². The maximum Gasteiger partial charge on any atom is 0.141 e. The molecule has 94 valence electrons. The lowest BCUT2D eigenvalue weighted by atomic mass is 10.2. The van der Waals surface area contributed by atoms with E-state index in [0.717, 1.165) is 15.7 Å². The molecule has 5 heteroatoms. The lowest BCUT2D eigenvalue weighted by Gasteiger charge is -2.09. The van der Waals surface area contributed by atoms with E-state index in [1.54, 1.807) is 12.1 Å². The molecule has 0 bridgehead atoms. The number of halogens is 4. The lowest BCUT2D eigenvalue weighted by Crippen LogP contribution is -2.00. The van der Waals surface area contributed by atoms with Gasteiger partial charge in [0.2, 0.25) is 0 Å². The summed E-state index contributed by atoms with van der Waals surface area (Å²) in [6.07, 6.45) is 0. The monoisotopic (exact) mass is 347 g/mol. The Morgan fingerprint density at radius 2 is 1.83 bits per heavy atom. The van der Waals surface area contributed by atoms with Crippen LogP contribution in [0.15, 0.2) is 40.9 Å². The molecule has 2 aromatic carbocycles. The third-order valence-electron chi connectivity index (χ3n) is 2.42. The van der Waals surface area contributed by atoms with E-state index in [0.29, 0.717) is 11.6 Å². The summed E-state index contributed by atoms with van der Waals surface area (Å²) in [6, 6.07) is 10.2. The normalized spacial score (nSPS) is 10.4. The molecule has 0 saturated carbocycles. The zero-order valence-corrected chi connectivity index (χ0v) is 12.3. The van der Waals surface area contributed by atoms with Crippen molar-refractivity contribution in [1.82, 2.24) is 0 Å². The third-order valence-corrected chi connectivity index (χ3v) is 3.55. The quantitative estimate of drug-likeness (QED) is 0.771. The molecule has 1 nitrogen and oxygen atoms in total. The summed E-state index contributed by atoms with van der Waals surface area (Å²) in [5.74, 6) is -0.427. The van der Waals surface area contributed by atoms with Crippen LogP contribution in [0.3, 0.4) is 0 Å². The fourth-order valence-electron chi connectivity index (χ4n) is 1.47. The Morgan fingerprint density at radius 3 is 2.50 bits per heavy atom. The van der Waals surface area contributed by atoms with E-state index in [1.807, 2.05) is 18.2 Å². The van der Waals surface area contributed by atoms with Gasteiger partial charge >= 0.3 is 0 Å². The van der Waals surface area contributed by atoms with Crippen LogP contribution >= 0.6 is 39.1 Å². The van der Waals surface area contributed by atoms with Gasteiger partial charge in [-0.1, -0.05) is 45.2 Å². The molecular formula is C13H9BrCl2FN. The van der Waals surface area contributed by atoms with Crippen molar-refractivity contribution >= 4 is 44.8 Å². The van der Waals surface area contributed by atoms with Crippen molar-refractivity contribution in [1.29, 1.82) is 0 Å². The topological polar surface area (TPSA) is 12.0 Å². The molecule has 0 aromatic heterocycles. The number of benzene rings is 2. The molecule has 0 amide bonds. The Kier molecular flexibility index (Phi) is 4.49. The number of rotatable bonds is 3. The summed E-state index contributed by atoms with van der Waals surface area (Å²) in [4.78, 5) is 0. The van der Waals surface area contributed by atoms with Gasteiger partial charge in [0.1, 0.15) is 5.82 Å². The summed E-state index contributed by atoms with van der Waals surface area (Å²) < 4.78 is 13.9. The first-order valence-electron chi connectivity index (χ1n) is 5.19. The van der Waals surface area contributed by atoms with Gasteiger partial charge in [-0.05, 0) is 35.9 Å². The average molecular weight is 349 g/mol. The molecule has 0 aliphatic rings. The van der Waals surface area contributed by atoms with Crippen molar-refractivity contribution in [2.75, 3.05) is 5.32 Å². The predicted molar refractivity (Wildman–Crippen MR) is 77.9 cm³/mol. The predicted octanol–water partition coefficient (Wildman–Crippen LogP) is 5.51. The number of hydrogen-bond acceptors (Lipinski definition) is 1. The Morgan fingerprint density at radius 1 is 1.06 bits per heavy atom. The first-order valence-corrected chi connectivity index (χ1v) is 6.74. The van der Waals surface area contributed by atoms with Crippen molar-refractivity contribution in [2.45, 2.75) is 6.54 Å². The highest BCUT2D eigenvalue weighted by molar-refractivity contribution is 9.10. The van der Waals surface area contributed by atoms with Crippen LogP contribution < -0.4 is 5.32 Å². The van der Waals surface area contributed by atoms with Crippen LogP contribution in [0.5, 0.6) is 0 Å². The van der Waals surface area contributed by atoms with E-state index >= 15 is 0 Å². The molecule has 0 spiro atoms. The Bertz CT molecular complexity index is 575. The van der Waals surface area contributed by atoms with E-state index in [4.69, 9.17) is 23.2 Å². The van der Waals surface area contributed by atoms with Crippen LogP contribution in [0.2, 0.25) is 10.0 Å². The molecule has 18 heavy (non-hydrogen) atoms. The fourth-order valence-corrected chi connectivity index (χ4v) is 2.39. The molecule has 0 radical (unpaired) electrons. The Labute approximate surface area is 123 Å². The largest absolute Gasteiger partial charge is 0.381 e. The van der Waals surface area contributed by atoms with Gasteiger partial charge in [0, 0.05) is 21.7 Å². The summed E-state index contributed by atoms with van der Waals surface area (Å²) in [6.45, 7) is 0.550. The van der Waals surface area contributed by atoms with E-state index in [9.17, 15) is 4.39 Å². The second kappa shape index (κ2) is 5.91. The van der Waals surface area contributed by atoms with Crippen LogP contribution in [0.4, 0.5) is 10.1 Å². The minimum atomic E-state index is -0.427. The summed E-state index contributed by atoms with van der Waals surface area (Å²) in [7, 11) is 0. The maximum atomic E-state index is 13.0. The van der Waals surface area contributed by atoms with E-state index < -0.39 is 5.82 Å². The second-order valence-electron chi connectivity index (χ2n) is 3.72. The number of anilines is 1. The minimum Gasteiger partial charge on any atom is -0.381 e. The van der Waals surface area contributed by atoms with Crippen molar-refractivity contribution in [3.8, 4) is 0 Å². The molecule has 0 aliphatic carbocycles. The molecule has 0 fully saturated rings. The van der Waals surface area contributed by atoms with Crippen LogP contribution in [0.1, 0.15) is 5.56 Å². The fraction of sp³-hybridized carbons (Fsp3) is 0.0769. The van der Waals surface area contributed by atoms with Gasteiger partial charge in [-0.25, -0.2) is 4.39 Å². The first kappa shape index (κ1) is 13.7. The first-order chi connectivity index (χ1) is 8.56. The van der Waals surface area contributed by atoms with E-state index in [1.165, 1.54) is 6.07 Å². The summed E-state index contributed by atoms with van der Waals surface area (Å²) in [5.41, 5.74) is 1.71. The standard InChI is InChI=1S/C13H9BrCl2FN/c14-9-2-1-8(11(15)5-9)7-18-10-3-4-13(17)12(16)6-10/h1-6,18H,7H2. The molecule has 1 N–H and O–H groups in total. The van der Waals surface area contributed by atoms with Gasteiger partial charge in [-0.3, -0.25) is 0 Å². The smallest absolute Gasteiger partial charge is 0.141 e. The van der Waals surface area contributed by atoms with Crippen molar-refractivity contribution in [3.05, 3.63) is 62.3 Å². The number of nitrogens with one attached hydrogen (secondary N) is 1. The second-order valence-corrected chi connectivity index (χ2v) is 5.45. The summed E-state index contributed by atoms with van der Waals surface area (Å²) >= 11 is 15.1. The zero-order chi connectivity index (χ0) is 13.1. The van der Waals surface area contributed by atoms with Gasteiger partial charge in [-0.15, -0.1) is 0 Å². The van der Waals surface area contributed by atoms with Gasteiger partial charge < -0.3 is 5.32 Å². The van der Waals surface area contributed by atoms with E-state index in [-0.39, 0.29) is 5.02 Å². The third kappa shape index (κ3) is 3.37. The molecular weight excluding hydrogens is 340 g/mol. The van der Waals surface area contributed by atoms with Gasteiger partial charge in [0.25, 0.3) is 0 Å². The van der Waals surface area contributed by atoms with Crippen LogP contribution in [-0.4, -0.2) is 0 Å². The molecule has 0 heterocycles. The highest BCUT2D eigenvalue weighted by Crippen LogP contribution is 2.23. The van der Waals surface area contributed by atoms with Crippen LogP contribution in [0, 0.1) is 5.82 Å². The van der Waals surface area contributed by atoms with Gasteiger partial charge in [0.05, 0.1) is 5.02 Å². The highest BCUT2D eigenvalue weighted by atomic mass is 79.9. The van der Waals surface area contributed by atoms with Gasteiger partial charge in [0.15, 0.2) is 0 Å². The lowest BCUT2D eigenvalue weighted by molar-refractivity contribution is 0.628. The Hall–Kier alpha value is -0.770. The molecule has 2 aromatic rings. The van der Waals surface area contributed by atoms with Crippen molar-refractivity contribution in [2.24, 2.45) is 0 Å².